The fraction of sp³-hybridized carbons (Fsp3) is 0.387. The normalized spacial score (nSPS) is 16.1. The molecular formula is C31H37NO5. The van der Waals surface area contributed by atoms with Crippen molar-refractivity contribution in [3.05, 3.63) is 93.9 Å². The van der Waals surface area contributed by atoms with E-state index in [1.54, 1.807) is 24.3 Å². The third-order valence-electron chi connectivity index (χ3n) is 7.34. The second-order valence-corrected chi connectivity index (χ2v) is 10.8. The summed E-state index contributed by atoms with van der Waals surface area (Å²) in [7, 11) is 1.26. The number of esters is 1. The number of methoxy groups -OCH3 is 1. The quantitative estimate of drug-likeness (QED) is 0.309. The van der Waals surface area contributed by atoms with Gasteiger partial charge < -0.3 is 14.5 Å². The highest BCUT2D eigenvalue weighted by molar-refractivity contribution is 6.09. The van der Waals surface area contributed by atoms with Gasteiger partial charge in [0.1, 0.15) is 0 Å². The molecule has 0 radical (unpaired) electrons. The molecule has 1 unspecified atom stereocenters. The molecule has 0 saturated carbocycles. The van der Waals surface area contributed by atoms with Gasteiger partial charge >= 0.3 is 5.97 Å². The number of carbonyl (C=O) groups excluding carboxylic acids is 3. The Morgan fingerprint density at radius 1 is 0.892 bits per heavy atom. The molecule has 196 valence electrons. The number of aryl methyl sites for hydroxylation is 1. The average Bonchev–Trinajstić information content (AvgIpc) is 3.35. The van der Waals surface area contributed by atoms with Crippen LogP contribution in [0.4, 0.5) is 0 Å². The second kappa shape index (κ2) is 10.4. The molecule has 0 fully saturated rings. The van der Waals surface area contributed by atoms with Crippen LogP contribution in [0.5, 0.6) is 0 Å². The SMILES string of the molecule is C.COC(=O)C(NC(=O)c1ccc(C(=O)c2cc3c(cc2C)C(C)(C)CCC3(C)C)o1)c1ccccc1. The number of ketones is 1. The Balaban J connectivity index is 0.00000380. The van der Waals surface area contributed by atoms with Crippen LogP contribution >= 0.6 is 0 Å². The van der Waals surface area contributed by atoms with Crippen molar-refractivity contribution in [2.75, 3.05) is 7.11 Å². The van der Waals surface area contributed by atoms with Crippen molar-refractivity contribution < 1.29 is 23.5 Å². The minimum atomic E-state index is -0.999. The number of nitrogens with one attached hydrogen (secondary N) is 1. The van der Waals surface area contributed by atoms with Crippen molar-refractivity contribution in [3.63, 3.8) is 0 Å². The maximum atomic E-state index is 13.5. The summed E-state index contributed by atoms with van der Waals surface area (Å²) >= 11 is 0. The minimum absolute atomic E-state index is 0. The second-order valence-electron chi connectivity index (χ2n) is 10.8. The highest BCUT2D eigenvalue weighted by Gasteiger charge is 2.38. The molecule has 4 rings (SSSR count). The van der Waals surface area contributed by atoms with Crippen LogP contribution in [0.1, 0.15) is 103 Å². The van der Waals surface area contributed by atoms with Crippen molar-refractivity contribution in [1.29, 1.82) is 0 Å². The Morgan fingerprint density at radius 2 is 1.46 bits per heavy atom. The number of carbonyl (C=O) groups is 3. The van der Waals surface area contributed by atoms with Crippen LogP contribution in [-0.2, 0) is 20.4 Å². The minimum Gasteiger partial charge on any atom is -0.467 e. The predicted octanol–water partition coefficient (Wildman–Crippen LogP) is 6.45. The van der Waals surface area contributed by atoms with Gasteiger partial charge in [-0.2, -0.15) is 0 Å². The van der Waals surface area contributed by atoms with Crippen LogP contribution in [0.25, 0.3) is 0 Å². The Kier molecular flexibility index (Phi) is 7.82. The topological polar surface area (TPSA) is 85.6 Å². The van der Waals surface area contributed by atoms with E-state index in [-0.39, 0.29) is 35.6 Å². The number of hydrogen-bond donors (Lipinski definition) is 1. The Morgan fingerprint density at radius 3 is 2.05 bits per heavy atom. The van der Waals surface area contributed by atoms with E-state index >= 15 is 0 Å². The molecular weight excluding hydrogens is 466 g/mol. The summed E-state index contributed by atoms with van der Waals surface area (Å²) in [5.41, 5.74) is 4.49. The fourth-order valence-electron chi connectivity index (χ4n) is 4.93. The Bertz CT molecular complexity index is 1320. The lowest BCUT2D eigenvalue weighted by atomic mass is 9.62. The molecule has 0 spiro atoms. The highest BCUT2D eigenvalue weighted by Crippen LogP contribution is 2.46. The van der Waals surface area contributed by atoms with E-state index < -0.39 is 17.9 Å². The van der Waals surface area contributed by atoms with E-state index in [1.807, 2.05) is 19.1 Å². The third kappa shape index (κ3) is 5.38. The first kappa shape index (κ1) is 27.9. The molecule has 1 N–H and O–H groups in total. The molecule has 1 aliphatic rings. The van der Waals surface area contributed by atoms with Crippen molar-refractivity contribution >= 4 is 17.7 Å². The van der Waals surface area contributed by atoms with Crippen LogP contribution in [0.2, 0.25) is 0 Å². The van der Waals surface area contributed by atoms with Gasteiger partial charge in [0, 0.05) is 5.56 Å². The van der Waals surface area contributed by atoms with Crippen LogP contribution in [-0.4, -0.2) is 24.8 Å². The molecule has 2 aromatic carbocycles. The van der Waals surface area contributed by atoms with Gasteiger partial charge in [0.15, 0.2) is 17.6 Å². The predicted molar refractivity (Wildman–Crippen MR) is 144 cm³/mol. The van der Waals surface area contributed by atoms with Gasteiger partial charge in [0.25, 0.3) is 5.91 Å². The summed E-state index contributed by atoms with van der Waals surface area (Å²) in [4.78, 5) is 38.7. The molecule has 1 amide bonds. The van der Waals surface area contributed by atoms with Gasteiger partial charge in [0.05, 0.1) is 7.11 Å². The number of ether oxygens (including phenoxy) is 1. The molecule has 1 aromatic heterocycles. The number of furan rings is 1. The van der Waals surface area contributed by atoms with Crippen molar-refractivity contribution in [1.82, 2.24) is 5.32 Å². The van der Waals surface area contributed by atoms with E-state index in [4.69, 9.17) is 9.15 Å². The largest absolute Gasteiger partial charge is 0.467 e. The van der Waals surface area contributed by atoms with Crippen molar-refractivity contribution in [2.24, 2.45) is 0 Å². The molecule has 1 heterocycles. The molecule has 3 aromatic rings. The van der Waals surface area contributed by atoms with E-state index in [9.17, 15) is 14.4 Å². The summed E-state index contributed by atoms with van der Waals surface area (Å²) in [5.74, 6) is -1.47. The van der Waals surface area contributed by atoms with E-state index in [0.29, 0.717) is 11.1 Å². The van der Waals surface area contributed by atoms with Crippen LogP contribution in [0.3, 0.4) is 0 Å². The summed E-state index contributed by atoms with van der Waals surface area (Å²) in [6.45, 7) is 10.9. The average molecular weight is 504 g/mol. The maximum Gasteiger partial charge on any atom is 0.333 e. The van der Waals surface area contributed by atoms with Crippen LogP contribution in [0, 0.1) is 6.92 Å². The summed E-state index contributed by atoms with van der Waals surface area (Å²) < 4.78 is 10.5. The van der Waals surface area contributed by atoms with Gasteiger partial charge in [-0.15, -0.1) is 0 Å². The summed E-state index contributed by atoms with van der Waals surface area (Å²) in [6.07, 6.45) is 2.13. The van der Waals surface area contributed by atoms with Crippen molar-refractivity contribution in [3.8, 4) is 0 Å². The number of hydrogen-bond acceptors (Lipinski definition) is 5. The van der Waals surface area contributed by atoms with Gasteiger partial charge in [-0.05, 0) is 71.0 Å². The first-order valence-corrected chi connectivity index (χ1v) is 12.2. The Labute approximate surface area is 219 Å². The summed E-state index contributed by atoms with van der Waals surface area (Å²) in [6, 6.07) is 14.9. The first-order chi connectivity index (χ1) is 16.9. The molecule has 6 heteroatoms. The monoisotopic (exact) mass is 503 g/mol. The highest BCUT2D eigenvalue weighted by atomic mass is 16.5. The molecule has 6 nitrogen and oxygen atoms in total. The zero-order valence-electron chi connectivity index (χ0n) is 21.7. The van der Waals surface area contributed by atoms with Gasteiger partial charge in [-0.3, -0.25) is 9.59 Å². The first-order valence-electron chi connectivity index (χ1n) is 12.2. The number of benzene rings is 2. The zero-order valence-corrected chi connectivity index (χ0v) is 21.7. The van der Waals surface area contributed by atoms with E-state index in [0.717, 1.165) is 18.4 Å². The van der Waals surface area contributed by atoms with E-state index in [2.05, 4.69) is 39.1 Å². The fourth-order valence-corrected chi connectivity index (χ4v) is 4.93. The molecule has 0 bridgehead atoms. The molecule has 1 aliphatic carbocycles. The number of amides is 1. The zero-order chi connectivity index (χ0) is 26.3. The van der Waals surface area contributed by atoms with Gasteiger partial charge in [-0.25, -0.2) is 4.79 Å². The van der Waals surface area contributed by atoms with E-state index in [1.165, 1.54) is 30.4 Å². The smallest absolute Gasteiger partial charge is 0.333 e. The van der Waals surface area contributed by atoms with Crippen LogP contribution < -0.4 is 5.32 Å². The Hall–Kier alpha value is -3.67. The summed E-state index contributed by atoms with van der Waals surface area (Å²) in [5, 5.41) is 2.65. The van der Waals surface area contributed by atoms with Gasteiger partial charge in [-0.1, -0.05) is 71.5 Å². The van der Waals surface area contributed by atoms with Crippen molar-refractivity contribution in [2.45, 2.75) is 71.8 Å². The lowest BCUT2D eigenvalue weighted by molar-refractivity contribution is -0.143. The molecule has 37 heavy (non-hydrogen) atoms. The lowest BCUT2D eigenvalue weighted by Gasteiger charge is -2.42. The molecule has 0 saturated heterocycles. The molecule has 0 aliphatic heterocycles. The third-order valence-corrected chi connectivity index (χ3v) is 7.34. The maximum absolute atomic E-state index is 13.5. The number of rotatable bonds is 6. The number of fused-ring (bicyclic) bond motifs is 1. The van der Waals surface area contributed by atoms with Gasteiger partial charge in [0.2, 0.25) is 5.78 Å². The molecule has 1 atom stereocenters. The lowest BCUT2D eigenvalue weighted by Crippen LogP contribution is -2.34. The van der Waals surface area contributed by atoms with Crippen LogP contribution in [0.15, 0.2) is 59.0 Å². The standard InChI is InChI=1S/C30H33NO5.CH4/c1-18-16-21-22(30(4,5)15-14-29(21,2)3)17-20(18)26(32)23-12-13-24(36-23)27(33)31-25(28(34)35-6)19-10-8-7-9-11-19;/h7-13,16-17,25H,14-15H2,1-6H3,(H,31,33);1H4.